The number of hydrogen-bond donors (Lipinski definition) is 1. The van der Waals surface area contributed by atoms with E-state index in [-0.39, 0.29) is 5.82 Å². The van der Waals surface area contributed by atoms with Crippen LogP contribution in [0.1, 0.15) is 5.56 Å². The highest BCUT2D eigenvalue weighted by atomic mass is 79.9. The first-order valence-corrected chi connectivity index (χ1v) is 6.07. The summed E-state index contributed by atoms with van der Waals surface area (Å²) in [5.74, 6) is 0.389. The summed E-state index contributed by atoms with van der Waals surface area (Å²) in [6.45, 7) is 1.83. The second-order valence-electron chi connectivity index (χ2n) is 3.57. The molecule has 0 saturated heterocycles. The molecule has 0 unspecified atom stereocenters. The first-order valence-electron chi connectivity index (χ1n) is 4.90. The van der Waals surface area contributed by atoms with E-state index < -0.39 is 0 Å². The minimum Gasteiger partial charge on any atom is -0.339 e. The molecule has 0 fully saturated rings. The Balaban J connectivity index is 2.31. The summed E-state index contributed by atoms with van der Waals surface area (Å²) in [6, 6.07) is 6.29. The number of nitrogens with one attached hydrogen (secondary N) is 1. The standard InChI is InChI=1S/C12H9BrClFN2/c1-7-4-9(15)2-3-11(7)17-12-10(13)5-8(14)6-16-12/h2-6H,1H3,(H,16,17). The van der Waals surface area contributed by atoms with Crippen molar-refractivity contribution >= 4 is 39.0 Å². The number of benzene rings is 1. The van der Waals surface area contributed by atoms with Crippen LogP contribution in [-0.4, -0.2) is 4.98 Å². The van der Waals surface area contributed by atoms with E-state index in [1.807, 2.05) is 6.92 Å². The SMILES string of the molecule is Cc1cc(F)ccc1Nc1ncc(Cl)cc1Br. The Morgan fingerprint density at radius 3 is 2.76 bits per heavy atom. The number of halogens is 3. The lowest BCUT2D eigenvalue weighted by atomic mass is 10.2. The Bertz CT molecular complexity index is 511. The van der Waals surface area contributed by atoms with Gasteiger partial charge in [-0.2, -0.15) is 0 Å². The maximum atomic E-state index is 12.9. The predicted molar refractivity (Wildman–Crippen MR) is 71.4 cm³/mol. The fraction of sp³-hybridized carbons (Fsp3) is 0.0833. The topological polar surface area (TPSA) is 24.9 Å². The lowest BCUT2D eigenvalue weighted by Crippen LogP contribution is -1.97. The molecule has 1 heterocycles. The van der Waals surface area contributed by atoms with Crippen LogP contribution in [0.5, 0.6) is 0 Å². The van der Waals surface area contributed by atoms with E-state index in [1.54, 1.807) is 18.3 Å². The fourth-order valence-corrected chi connectivity index (χ4v) is 2.14. The van der Waals surface area contributed by atoms with Crippen molar-refractivity contribution in [1.29, 1.82) is 0 Å². The van der Waals surface area contributed by atoms with Crippen LogP contribution in [0, 0.1) is 12.7 Å². The summed E-state index contributed by atoms with van der Waals surface area (Å²) < 4.78 is 13.7. The lowest BCUT2D eigenvalue weighted by Gasteiger charge is -2.10. The molecule has 2 rings (SSSR count). The van der Waals surface area contributed by atoms with Crippen molar-refractivity contribution in [2.24, 2.45) is 0 Å². The largest absolute Gasteiger partial charge is 0.339 e. The van der Waals surface area contributed by atoms with E-state index in [1.165, 1.54) is 12.1 Å². The van der Waals surface area contributed by atoms with Gasteiger partial charge >= 0.3 is 0 Å². The lowest BCUT2D eigenvalue weighted by molar-refractivity contribution is 0.627. The van der Waals surface area contributed by atoms with Crippen molar-refractivity contribution in [3.63, 3.8) is 0 Å². The third-order valence-electron chi connectivity index (χ3n) is 2.25. The van der Waals surface area contributed by atoms with Gasteiger partial charge in [0.05, 0.1) is 9.50 Å². The molecule has 88 valence electrons. The Kier molecular flexibility index (Phi) is 3.64. The van der Waals surface area contributed by atoms with Crippen LogP contribution < -0.4 is 5.32 Å². The van der Waals surface area contributed by atoms with E-state index in [9.17, 15) is 4.39 Å². The van der Waals surface area contributed by atoms with Crippen LogP contribution in [0.3, 0.4) is 0 Å². The number of pyridine rings is 1. The van der Waals surface area contributed by atoms with Crippen molar-refractivity contribution in [2.75, 3.05) is 5.32 Å². The minimum atomic E-state index is -0.254. The second-order valence-corrected chi connectivity index (χ2v) is 4.86. The number of aryl methyl sites for hydroxylation is 1. The van der Waals surface area contributed by atoms with Crippen LogP contribution in [0.25, 0.3) is 0 Å². The molecule has 1 aromatic carbocycles. The number of hydrogen-bond acceptors (Lipinski definition) is 2. The fourth-order valence-electron chi connectivity index (χ4n) is 1.40. The van der Waals surface area contributed by atoms with Crippen LogP contribution in [0.15, 0.2) is 34.9 Å². The van der Waals surface area contributed by atoms with Crippen molar-refractivity contribution in [2.45, 2.75) is 6.92 Å². The third kappa shape index (κ3) is 2.96. The van der Waals surface area contributed by atoms with Crippen LogP contribution in [0.4, 0.5) is 15.9 Å². The van der Waals surface area contributed by atoms with Gasteiger partial charge in [-0.25, -0.2) is 9.37 Å². The molecule has 0 aliphatic carbocycles. The Hall–Kier alpha value is -1.13. The molecule has 0 saturated carbocycles. The molecule has 1 N–H and O–H groups in total. The molecule has 0 amide bonds. The van der Waals surface area contributed by atoms with Crippen LogP contribution in [-0.2, 0) is 0 Å². The summed E-state index contributed by atoms with van der Waals surface area (Å²) in [5.41, 5.74) is 1.62. The van der Waals surface area contributed by atoms with Crippen LogP contribution in [0.2, 0.25) is 5.02 Å². The smallest absolute Gasteiger partial charge is 0.144 e. The molecule has 1 aromatic heterocycles. The van der Waals surface area contributed by atoms with Crippen molar-refractivity contribution in [1.82, 2.24) is 4.98 Å². The van der Waals surface area contributed by atoms with E-state index in [0.717, 1.165) is 15.7 Å². The molecule has 2 aromatic rings. The number of anilines is 2. The molecule has 17 heavy (non-hydrogen) atoms. The maximum Gasteiger partial charge on any atom is 0.144 e. The Morgan fingerprint density at radius 1 is 1.35 bits per heavy atom. The number of nitrogens with zero attached hydrogens (tertiary/aromatic N) is 1. The summed E-state index contributed by atoms with van der Waals surface area (Å²) in [7, 11) is 0. The van der Waals surface area contributed by atoms with E-state index in [0.29, 0.717) is 10.8 Å². The molecule has 2 nitrogen and oxygen atoms in total. The maximum absolute atomic E-state index is 12.9. The van der Waals surface area contributed by atoms with Gasteiger partial charge in [0.1, 0.15) is 11.6 Å². The predicted octanol–water partition coefficient (Wildman–Crippen LogP) is 4.69. The minimum absolute atomic E-state index is 0.254. The molecular formula is C12H9BrClFN2. The zero-order valence-electron chi connectivity index (χ0n) is 8.97. The van der Waals surface area contributed by atoms with Gasteiger partial charge < -0.3 is 5.32 Å². The summed E-state index contributed by atoms with van der Waals surface area (Å²) in [6.07, 6.45) is 1.55. The van der Waals surface area contributed by atoms with Gasteiger partial charge in [0.2, 0.25) is 0 Å². The third-order valence-corrected chi connectivity index (χ3v) is 3.06. The summed E-state index contributed by atoms with van der Waals surface area (Å²) in [4.78, 5) is 4.15. The molecule has 5 heteroatoms. The highest BCUT2D eigenvalue weighted by molar-refractivity contribution is 9.10. The summed E-state index contributed by atoms with van der Waals surface area (Å²) in [5, 5.41) is 3.67. The van der Waals surface area contributed by atoms with Crippen molar-refractivity contribution < 1.29 is 4.39 Å². The quantitative estimate of drug-likeness (QED) is 0.869. The van der Waals surface area contributed by atoms with Crippen molar-refractivity contribution in [3.05, 3.63) is 51.3 Å². The zero-order valence-corrected chi connectivity index (χ0v) is 11.3. The van der Waals surface area contributed by atoms with Gasteiger partial charge in [0.15, 0.2) is 0 Å². The Labute approximate surface area is 112 Å². The second kappa shape index (κ2) is 5.02. The van der Waals surface area contributed by atoms with Gasteiger partial charge in [-0.05, 0) is 52.7 Å². The van der Waals surface area contributed by atoms with E-state index in [2.05, 4.69) is 26.2 Å². The van der Waals surface area contributed by atoms with Crippen molar-refractivity contribution in [3.8, 4) is 0 Å². The zero-order chi connectivity index (χ0) is 12.4. The molecule has 0 radical (unpaired) electrons. The molecule has 0 aliphatic heterocycles. The first-order chi connectivity index (χ1) is 8.06. The average Bonchev–Trinajstić information content (AvgIpc) is 2.25. The highest BCUT2D eigenvalue weighted by Gasteiger charge is 2.05. The van der Waals surface area contributed by atoms with Crippen LogP contribution >= 0.6 is 27.5 Å². The Morgan fingerprint density at radius 2 is 2.12 bits per heavy atom. The molecule has 0 spiro atoms. The average molecular weight is 316 g/mol. The van der Waals surface area contributed by atoms with E-state index in [4.69, 9.17) is 11.6 Å². The van der Waals surface area contributed by atoms with Gasteiger partial charge in [-0.15, -0.1) is 0 Å². The normalized spacial score (nSPS) is 10.4. The highest BCUT2D eigenvalue weighted by Crippen LogP contribution is 2.27. The molecule has 0 bridgehead atoms. The number of aromatic nitrogens is 1. The van der Waals surface area contributed by atoms with Gasteiger partial charge in [-0.1, -0.05) is 11.6 Å². The molecular weight excluding hydrogens is 307 g/mol. The van der Waals surface area contributed by atoms with E-state index >= 15 is 0 Å². The number of rotatable bonds is 2. The molecule has 0 aliphatic rings. The first kappa shape index (κ1) is 12.3. The molecule has 0 atom stereocenters. The summed E-state index contributed by atoms with van der Waals surface area (Å²) >= 11 is 9.16. The van der Waals surface area contributed by atoms with Gasteiger partial charge in [0.25, 0.3) is 0 Å². The van der Waals surface area contributed by atoms with Gasteiger partial charge in [0, 0.05) is 11.9 Å². The monoisotopic (exact) mass is 314 g/mol. The van der Waals surface area contributed by atoms with Gasteiger partial charge in [-0.3, -0.25) is 0 Å².